The molecular weight excluding hydrogens is 608 g/mol. The first-order valence-corrected chi connectivity index (χ1v) is 7.71. The van der Waals surface area contributed by atoms with Crippen molar-refractivity contribution in [1.29, 1.82) is 0 Å². The van der Waals surface area contributed by atoms with Crippen LogP contribution in [0.5, 0.6) is 11.5 Å². The first-order valence-electron chi connectivity index (χ1n) is 5.44. The van der Waals surface area contributed by atoms with E-state index >= 15 is 0 Å². The second kappa shape index (κ2) is 8.19. The van der Waals surface area contributed by atoms with Gasteiger partial charge in [-0.15, -0.1) is 0 Å². The number of benzene rings is 2. The van der Waals surface area contributed by atoms with Gasteiger partial charge in [-0.05, 0) is 12.1 Å². The predicted octanol–water partition coefficient (Wildman–Crippen LogP) is 5.69. The number of hydrogen-bond donors (Lipinski definition) is 2. The summed E-state index contributed by atoms with van der Waals surface area (Å²) in [5, 5.41) is 20.6. The fourth-order valence-electron chi connectivity index (χ4n) is 1.77. The van der Waals surface area contributed by atoms with Crippen molar-refractivity contribution in [1.82, 2.24) is 0 Å². The van der Waals surface area contributed by atoms with Crippen LogP contribution in [0, 0.1) is 0 Å². The van der Waals surface area contributed by atoms with Gasteiger partial charge < -0.3 is 10.2 Å². The second-order valence-corrected chi connectivity index (χ2v) is 6.52. The van der Waals surface area contributed by atoms with Crippen molar-refractivity contribution in [3.63, 3.8) is 0 Å². The van der Waals surface area contributed by atoms with Gasteiger partial charge in [0.2, 0.25) is 0 Å². The summed E-state index contributed by atoms with van der Waals surface area (Å²) in [4.78, 5) is 0. The Morgan fingerprint density at radius 2 is 0.955 bits per heavy atom. The summed E-state index contributed by atoms with van der Waals surface area (Å²) >= 11 is 35.7. The van der Waals surface area contributed by atoms with Gasteiger partial charge in [0.15, 0.2) is 0 Å². The Labute approximate surface area is 177 Å². The first kappa shape index (κ1) is 20.7. The second-order valence-electron chi connectivity index (χ2n) is 4.14. The molecule has 0 fully saturated rings. The summed E-state index contributed by atoms with van der Waals surface area (Å²) < 4.78 is 0. The van der Waals surface area contributed by atoms with Crippen LogP contribution in [0.25, 0.3) is 0 Å². The Kier molecular flexibility index (Phi) is 7.72. The maximum atomic E-state index is 10.0. The van der Waals surface area contributed by atoms with Crippen LogP contribution in [-0.2, 0) is 6.42 Å². The number of aromatic hydroxyl groups is 2. The molecule has 0 atom stereocenters. The predicted molar refractivity (Wildman–Crippen MR) is 97.6 cm³/mol. The zero-order chi connectivity index (χ0) is 15.9. The van der Waals surface area contributed by atoms with Crippen LogP contribution in [0.1, 0.15) is 11.1 Å². The van der Waals surface area contributed by atoms with E-state index in [9.17, 15) is 10.2 Å². The molecule has 2 aromatic carbocycles. The van der Waals surface area contributed by atoms with E-state index in [0.717, 1.165) is 0 Å². The molecule has 0 unspecified atom stereocenters. The Morgan fingerprint density at radius 3 is 1.27 bits per heavy atom. The van der Waals surface area contributed by atoms with Crippen molar-refractivity contribution >= 4 is 96.9 Å². The van der Waals surface area contributed by atoms with Gasteiger partial charge in [0, 0.05) is 17.5 Å². The van der Waals surface area contributed by atoms with Gasteiger partial charge in [0.25, 0.3) is 0 Å². The molecule has 0 bridgehead atoms. The van der Waals surface area contributed by atoms with E-state index < -0.39 is 0 Å². The van der Waals surface area contributed by atoms with Gasteiger partial charge >= 0.3 is 27.3 Å². The Hall–Kier alpha value is 0.702. The number of hydrogen-bond acceptors (Lipinski definition) is 2. The third-order valence-electron chi connectivity index (χ3n) is 2.83. The van der Waals surface area contributed by atoms with E-state index in [-0.39, 0.29) is 86.5 Å². The van der Waals surface area contributed by atoms with Crippen molar-refractivity contribution in [3.05, 3.63) is 53.4 Å². The molecule has 0 aromatic heterocycles. The summed E-state index contributed by atoms with van der Waals surface area (Å²) in [5.41, 5.74) is 0.425. The van der Waals surface area contributed by atoms with Crippen LogP contribution < -0.4 is 0 Å². The molecule has 2 radical (unpaired) electrons. The molecular formula is C13H8Cl6O2Pb. The van der Waals surface area contributed by atoms with Gasteiger partial charge in [-0.25, -0.2) is 0 Å². The molecule has 0 aliphatic heterocycles. The number of rotatable bonds is 2. The molecule has 0 heterocycles. The molecule has 2 rings (SSSR count). The van der Waals surface area contributed by atoms with Crippen LogP contribution in [-0.4, -0.2) is 37.5 Å². The third-order valence-corrected chi connectivity index (χ3v) is 5.06. The number of halogens is 6. The summed E-state index contributed by atoms with van der Waals surface area (Å²) in [6, 6.07) is 2.63. The van der Waals surface area contributed by atoms with Crippen molar-refractivity contribution < 1.29 is 10.2 Å². The maximum absolute atomic E-state index is 10.0. The Morgan fingerprint density at radius 1 is 0.636 bits per heavy atom. The molecule has 9 heteroatoms. The molecule has 118 valence electrons. The quantitative estimate of drug-likeness (QED) is 0.337. The molecule has 0 saturated heterocycles. The molecule has 0 spiro atoms. The van der Waals surface area contributed by atoms with Gasteiger partial charge in [0.1, 0.15) is 11.5 Å². The normalized spacial score (nSPS) is 10.5. The summed E-state index contributed by atoms with van der Waals surface area (Å²) in [7, 11) is 0. The van der Waals surface area contributed by atoms with Crippen LogP contribution in [0.4, 0.5) is 0 Å². The molecule has 0 amide bonds. The minimum absolute atomic E-state index is 0. The van der Waals surface area contributed by atoms with E-state index in [2.05, 4.69) is 0 Å². The molecule has 2 nitrogen and oxygen atoms in total. The zero-order valence-electron chi connectivity index (χ0n) is 10.7. The molecule has 22 heavy (non-hydrogen) atoms. The number of phenols is 2. The van der Waals surface area contributed by atoms with Crippen molar-refractivity contribution in [2.24, 2.45) is 0 Å². The minimum atomic E-state index is -0.252. The van der Waals surface area contributed by atoms with Crippen LogP contribution in [0.15, 0.2) is 12.1 Å². The summed E-state index contributed by atoms with van der Waals surface area (Å²) in [5.74, 6) is -0.504. The van der Waals surface area contributed by atoms with Gasteiger partial charge in [-0.2, -0.15) is 0 Å². The summed E-state index contributed by atoms with van der Waals surface area (Å²) in [6.07, 6.45) is -0.0457. The molecule has 0 aliphatic rings. The zero-order valence-corrected chi connectivity index (χ0v) is 20.8. The van der Waals surface area contributed by atoms with Crippen molar-refractivity contribution in [3.8, 4) is 11.5 Å². The third kappa shape index (κ3) is 4.02. The molecule has 2 aromatic rings. The van der Waals surface area contributed by atoms with Crippen LogP contribution in [0.3, 0.4) is 0 Å². The van der Waals surface area contributed by atoms with E-state index in [0.29, 0.717) is 0 Å². The average Bonchev–Trinajstić information content (AvgIpc) is 2.42. The van der Waals surface area contributed by atoms with Crippen molar-refractivity contribution in [2.45, 2.75) is 6.42 Å². The summed E-state index contributed by atoms with van der Waals surface area (Å²) in [6.45, 7) is 0. The fourth-order valence-corrected chi connectivity index (χ4v) is 3.20. The monoisotopic (exact) mass is 614 g/mol. The molecule has 2 N–H and O–H groups in total. The van der Waals surface area contributed by atoms with Crippen LogP contribution in [0.2, 0.25) is 30.1 Å². The number of phenolic OH excluding ortho intramolecular Hbond substituents is 2. The van der Waals surface area contributed by atoms with Gasteiger partial charge in [-0.3, -0.25) is 0 Å². The van der Waals surface area contributed by atoms with Gasteiger partial charge in [-0.1, -0.05) is 69.6 Å². The average molecular weight is 616 g/mol. The van der Waals surface area contributed by atoms with Gasteiger partial charge in [0.05, 0.1) is 30.1 Å². The van der Waals surface area contributed by atoms with Crippen LogP contribution >= 0.6 is 69.6 Å². The van der Waals surface area contributed by atoms with E-state index in [4.69, 9.17) is 69.6 Å². The molecule has 0 saturated carbocycles. The van der Waals surface area contributed by atoms with E-state index in [1.165, 1.54) is 12.1 Å². The SMILES string of the molecule is Oc1c(Cl)cc(Cl)c(Cl)c1Cc1c(O)c(Cl)cc(Cl)c1Cl.[PbH2]. The van der Waals surface area contributed by atoms with E-state index in [1.54, 1.807) is 0 Å². The Balaban J connectivity index is 0.00000242. The molecule has 0 aliphatic carbocycles. The van der Waals surface area contributed by atoms with Crippen molar-refractivity contribution in [2.75, 3.05) is 0 Å². The standard InChI is InChI=1S/C13H6Cl6O2.Pb.2H/c14-6-2-8(16)12(20)4(10(6)18)1-5-11(19)7(15)3-9(17)13(5)21;;;/h2-3,20-21H,1H2;;;. The first-order chi connectivity index (χ1) is 9.73. The van der Waals surface area contributed by atoms with E-state index in [1.807, 2.05) is 0 Å². The fraction of sp³-hybridized carbons (Fsp3) is 0.0769. The topological polar surface area (TPSA) is 40.5 Å². The Bertz CT molecular complexity index is 621.